The molecule has 24 heavy (non-hydrogen) atoms. The van der Waals surface area contributed by atoms with E-state index in [1.165, 1.54) is 35.9 Å². The maximum absolute atomic E-state index is 12.4. The van der Waals surface area contributed by atoms with Crippen LogP contribution in [-0.4, -0.2) is 29.1 Å². The van der Waals surface area contributed by atoms with Gasteiger partial charge in [-0.15, -0.1) is 11.3 Å². The second kappa shape index (κ2) is 7.18. The fourth-order valence-electron chi connectivity index (χ4n) is 1.97. The molecule has 3 rings (SSSR count). The van der Waals surface area contributed by atoms with E-state index in [0.29, 0.717) is 5.39 Å². The van der Waals surface area contributed by atoms with Gasteiger partial charge in [-0.2, -0.15) is 8.78 Å². The van der Waals surface area contributed by atoms with Crippen LogP contribution in [0, 0.1) is 0 Å². The Labute approximate surface area is 139 Å². The number of nitrogens with zero attached hydrogens (tertiary/aromatic N) is 2. The lowest BCUT2D eigenvalue weighted by Gasteiger charge is -2.12. The molecule has 6 nitrogen and oxygen atoms in total. The second-order valence-electron chi connectivity index (χ2n) is 4.53. The first-order valence-corrected chi connectivity index (χ1v) is 7.66. The first kappa shape index (κ1) is 16.1. The number of fused-ring (bicyclic) bond motifs is 1. The summed E-state index contributed by atoms with van der Waals surface area (Å²) in [5, 5.41) is 5.01. The quantitative estimate of drug-likeness (QED) is 0.738. The Bertz CT molecular complexity index is 857. The number of hydrogen-bond donors (Lipinski definition) is 1. The normalized spacial score (nSPS) is 10.8. The van der Waals surface area contributed by atoms with Crippen molar-refractivity contribution in [1.82, 2.24) is 9.97 Å². The summed E-state index contributed by atoms with van der Waals surface area (Å²) in [5.41, 5.74) is 0.134. The number of halogens is 2. The molecule has 0 fully saturated rings. The van der Waals surface area contributed by atoms with Crippen molar-refractivity contribution >= 4 is 33.1 Å². The van der Waals surface area contributed by atoms with E-state index in [-0.39, 0.29) is 23.9 Å². The highest BCUT2D eigenvalue weighted by molar-refractivity contribution is 7.16. The summed E-state index contributed by atoms with van der Waals surface area (Å²) in [6.07, 6.45) is 1.35. The zero-order valence-corrected chi connectivity index (χ0v) is 12.9. The Morgan fingerprint density at radius 2 is 2.08 bits per heavy atom. The summed E-state index contributed by atoms with van der Waals surface area (Å²) >= 11 is 1.43. The van der Waals surface area contributed by atoms with E-state index in [1.807, 2.05) is 5.38 Å². The van der Waals surface area contributed by atoms with Crippen LogP contribution in [0.5, 0.6) is 11.6 Å². The van der Waals surface area contributed by atoms with Crippen molar-refractivity contribution in [2.75, 3.05) is 11.9 Å². The summed E-state index contributed by atoms with van der Waals surface area (Å²) < 4.78 is 34.4. The molecule has 9 heteroatoms. The van der Waals surface area contributed by atoms with Crippen molar-refractivity contribution in [2.24, 2.45) is 0 Å². The predicted octanol–water partition coefficient (Wildman–Crippen LogP) is 3.31. The third kappa shape index (κ3) is 3.74. The highest BCUT2D eigenvalue weighted by Crippen LogP contribution is 2.27. The number of nitrogens with one attached hydrogen (secondary N) is 1. The molecule has 1 amide bonds. The Morgan fingerprint density at radius 3 is 2.92 bits per heavy atom. The maximum Gasteiger partial charge on any atom is 0.387 e. The lowest BCUT2D eigenvalue weighted by atomic mass is 10.3. The number of ether oxygens (including phenoxy) is 2. The van der Waals surface area contributed by atoms with Gasteiger partial charge in [0.25, 0.3) is 5.91 Å². The van der Waals surface area contributed by atoms with Crippen LogP contribution in [0.1, 0.15) is 0 Å². The highest BCUT2D eigenvalue weighted by atomic mass is 32.1. The number of aromatic nitrogens is 2. The first-order valence-electron chi connectivity index (χ1n) is 6.78. The number of carbonyl (C=O) groups is 1. The van der Waals surface area contributed by atoms with Crippen molar-refractivity contribution in [1.29, 1.82) is 0 Å². The molecule has 0 aliphatic heterocycles. The van der Waals surface area contributed by atoms with Crippen LogP contribution >= 0.6 is 11.3 Å². The Morgan fingerprint density at radius 1 is 1.25 bits per heavy atom. The Balaban J connectivity index is 1.65. The molecule has 0 radical (unpaired) electrons. The van der Waals surface area contributed by atoms with Crippen LogP contribution in [0.15, 0.2) is 42.0 Å². The van der Waals surface area contributed by atoms with Crippen LogP contribution < -0.4 is 14.8 Å². The molecular weight excluding hydrogens is 340 g/mol. The number of benzene rings is 1. The zero-order chi connectivity index (χ0) is 16.9. The fraction of sp³-hybridized carbons (Fsp3) is 0.133. The molecule has 0 atom stereocenters. The van der Waals surface area contributed by atoms with E-state index >= 15 is 0 Å². The lowest BCUT2D eigenvalue weighted by Crippen LogP contribution is -2.21. The van der Waals surface area contributed by atoms with Gasteiger partial charge in [-0.25, -0.2) is 9.97 Å². The van der Waals surface area contributed by atoms with Crippen molar-refractivity contribution < 1.29 is 23.0 Å². The minimum atomic E-state index is -2.98. The number of alkyl halides is 2. The van der Waals surface area contributed by atoms with Gasteiger partial charge in [-0.05, 0) is 23.6 Å². The summed E-state index contributed by atoms with van der Waals surface area (Å²) in [6.45, 7) is -3.31. The van der Waals surface area contributed by atoms with Gasteiger partial charge in [0.15, 0.2) is 6.61 Å². The molecule has 0 spiro atoms. The molecule has 0 saturated carbocycles. The molecule has 0 aliphatic carbocycles. The first-order chi connectivity index (χ1) is 11.6. The molecule has 3 aromatic rings. The average molecular weight is 351 g/mol. The molecule has 0 saturated heterocycles. The Hall–Kier alpha value is -2.81. The summed E-state index contributed by atoms with van der Waals surface area (Å²) in [4.78, 5) is 20.8. The molecule has 0 unspecified atom stereocenters. The summed E-state index contributed by atoms with van der Waals surface area (Å²) in [5.74, 6) is -0.362. The molecule has 2 heterocycles. The van der Waals surface area contributed by atoms with Gasteiger partial charge in [0, 0.05) is 0 Å². The standard InChI is InChI=1S/C15H11F2N3O3S/c16-15(17)23-11-4-2-1-3-10(11)20-12(21)7-22-13-9-5-6-24-14(9)19-8-18-13/h1-6,8,15H,7H2,(H,20,21). The van der Waals surface area contributed by atoms with Crippen LogP contribution in [0.2, 0.25) is 0 Å². The largest absolute Gasteiger partial charge is 0.467 e. The van der Waals surface area contributed by atoms with Gasteiger partial charge in [0.05, 0.1) is 11.1 Å². The van der Waals surface area contributed by atoms with Gasteiger partial charge in [-0.3, -0.25) is 4.79 Å². The van der Waals surface area contributed by atoms with Crippen molar-refractivity contribution in [2.45, 2.75) is 6.61 Å². The van der Waals surface area contributed by atoms with Crippen LogP contribution in [0.25, 0.3) is 10.2 Å². The van der Waals surface area contributed by atoms with E-state index in [0.717, 1.165) is 4.83 Å². The molecular formula is C15H11F2N3O3S. The smallest absolute Gasteiger partial charge is 0.387 e. The van der Waals surface area contributed by atoms with Crippen LogP contribution in [-0.2, 0) is 4.79 Å². The van der Waals surface area contributed by atoms with Crippen LogP contribution in [0.3, 0.4) is 0 Å². The van der Waals surface area contributed by atoms with Crippen molar-refractivity contribution in [3.05, 3.63) is 42.0 Å². The minimum Gasteiger partial charge on any atom is -0.467 e. The Kier molecular flexibility index (Phi) is 4.80. The van der Waals surface area contributed by atoms with E-state index in [1.54, 1.807) is 12.1 Å². The molecule has 0 aliphatic rings. The maximum atomic E-state index is 12.4. The van der Waals surface area contributed by atoms with E-state index in [9.17, 15) is 13.6 Å². The van der Waals surface area contributed by atoms with E-state index < -0.39 is 12.5 Å². The SMILES string of the molecule is O=C(COc1ncnc2sccc12)Nc1ccccc1OC(F)F. The lowest BCUT2D eigenvalue weighted by molar-refractivity contribution is -0.118. The highest BCUT2D eigenvalue weighted by Gasteiger charge is 2.13. The minimum absolute atomic E-state index is 0.122. The number of thiophene rings is 1. The number of anilines is 1. The number of amides is 1. The van der Waals surface area contributed by atoms with Crippen molar-refractivity contribution in [3.8, 4) is 11.6 Å². The predicted molar refractivity (Wildman–Crippen MR) is 84.6 cm³/mol. The molecule has 124 valence electrons. The number of hydrogen-bond acceptors (Lipinski definition) is 6. The van der Waals surface area contributed by atoms with Gasteiger partial charge in [-0.1, -0.05) is 12.1 Å². The topological polar surface area (TPSA) is 73.3 Å². The number of rotatable bonds is 6. The summed E-state index contributed by atoms with van der Waals surface area (Å²) in [7, 11) is 0. The number of carbonyl (C=O) groups excluding carboxylic acids is 1. The fourth-order valence-corrected chi connectivity index (χ4v) is 2.69. The third-order valence-electron chi connectivity index (χ3n) is 2.94. The molecule has 0 bridgehead atoms. The molecule has 2 aromatic heterocycles. The average Bonchev–Trinajstić information content (AvgIpc) is 3.03. The van der Waals surface area contributed by atoms with E-state index in [2.05, 4.69) is 20.0 Å². The van der Waals surface area contributed by atoms with Crippen molar-refractivity contribution in [3.63, 3.8) is 0 Å². The molecule has 1 N–H and O–H groups in total. The van der Waals surface area contributed by atoms with Gasteiger partial charge < -0.3 is 14.8 Å². The monoisotopic (exact) mass is 351 g/mol. The zero-order valence-electron chi connectivity index (χ0n) is 12.1. The number of para-hydroxylation sites is 2. The second-order valence-corrected chi connectivity index (χ2v) is 5.42. The van der Waals surface area contributed by atoms with Gasteiger partial charge >= 0.3 is 6.61 Å². The summed E-state index contributed by atoms with van der Waals surface area (Å²) in [6, 6.07) is 7.70. The van der Waals surface area contributed by atoms with Gasteiger partial charge in [0.2, 0.25) is 5.88 Å². The third-order valence-corrected chi connectivity index (χ3v) is 3.76. The van der Waals surface area contributed by atoms with Gasteiger partial charge in [0.1, 0.15) is 16.9 Å². The van der Waals surface area contributed by atoms with Crippen LogP contribution in [0.4, 0.5) is 14.5 Å². The molecule has 1 aromatic carbocycles. The van der Waals surface area contributed by atoms with E-state index in [4.69, 9.17) is 4.74 Å².